The molecular formula is C12H17NO2. The molecule has 15 heavy (non-hydrogen) atoms. The van der Waals surface area contributed by atoms with Crippen molar-refractivity contribution in [2.45, 2.75) is 19.9 Å². The van der Waals surface area contributed by atoms with Gasteiger partial charge in [-0.05, 0) is 18.1 Å². The lowest BCUT2D eigenvalue weighted by Gasteiger charge is -2.12. The summed E-state index contributed by atoms with van der Waals surface area (Å²) in [5.74, 6) is 0.499. The lowest BCUT2D eigenvalue weighted by atomic mass is 10.1. The summed E-state index contributed by atoms with van der Waals surface area (Å²) in [6.45, 7) is 4.04. The number of aliphatic imine (C=N–C) groups is 1. The number of aliphatic hydroxyl groups excluding tert-OH is 1. The number of aliphatic hydroxyl groups is 1. The number of hydrogen-bond donors (Lipinski definition) is 2. The summed E-state index contributed by atoms with van der Waals surface area (Å²) >= 11 is 0. The fraction of sp³-hybridized carbons (Fsp3) is 0.417. The number of hydrogen-bond acceptors (Lipinski definition) is 3. The summed E-state index contributed by atoms with van der Waals surface area (Å²) in [7, 11) is 0. The number of benzene rings is 1. The molecule has 0 aromatic heterocycles. The van der Waals surface area contributed by atoms with E-state index in [1.165, 1.54) is 0 Å². The molecule has 0 fully saturated rings. The van der Waals surface area contributed by atoms with Crippen LogP contribution in [0.15, 0.2) is 29.3 Å². The molecule has 0 unspecified atom stereocenters. The van der Waals surface area contributed by atoms with Crippen molar-refractivity contribution in [1.29, 1.82) is 0 Å². The molecule has 0 aliphatic carbocycles. The first kappa shape index (κ1) is 11.7. The fourth-order valence-electron chi connectivity index (χ4n) is 1.20. The first-order valence-electron chi connectivity index (χ1n) is 5.07. The van der Waals surface area contributed by atoms with Crippen LogP contribution in [0.1, 0.15) is 19.4 Å². The van der Waals surface area contributed by atoms with Crippen LogP contribution in [-0.2, 0) is 0 Å². The third-order valence-electron chi connectivity index (χ3n) is 2.30. The zero-order valence-electron chi connectivity index (χ0n) is 9.09. The Morgan fingerprint density at radius 3 is 2.53 bits per heavy atom. The molecule has 1 atom stereocenters. The van der Waals surface area contributed by atoms with Gasteiger partial charge in [0.2, 0.25) is 0 Å². The van der Waals surface area contributed by atoms with Gasteiger partial charge in [0.15, 0.2) is 0 Å². The van der Waals surface area contributed by atoms with Crippen molar-refractivity contribution in [2.75, 3.05) is 6.61 Å². The van der Waals surface area contributed by atoms with Crippen LogP contribution in [0, 0.1) is 5.92 Å². The molecule has 0 aliphatic rings. The number of aromatic hydroxyl groups is 1. The van der Waals surface area contributed by atoms with E-state index in [4.69, 9.17) is 5.11 Å². The SMILES string of the molecule is CC(C)[C@@H](CO)N=Cc1ccccc1O. The Kier molecular flexibility index (Phi) is 4.31. The van der Waals surface area contributed by atoms with E-state index >= 15 is 0 Å². The van der Waals surface area contributed by atoms with Crippen LogP contribution >= 0.6 is 0 Å². The van der Waals surface area contributed by atoms with Crippen LogP contribution in [-0.4, -0.2) is 29.1 Å². The third kappa shape index (κ3) is 3.36. The first-order chi connectivity index (χ1) is 7.15. The van der Waals surface area contributed by atoms with Crippen molar-refractivity contribution >= 4 is 6.21 Å². The van der Waals surface area contributed by atoms with Crippen LogP contribution < -0.4 is 0 Å². The van der Waals surface area contributed by atoms with Crippen LogP contribution in [0.25, 0.3) is 0 Å². The number of para-hydroxylation sites is 1. The molecule has 2 N–H and O–H groups in total. The van der Waals surface area contributed by atoms with E-state index in [1.807, 2.05) is 19.9 Å². The lowest BCUT2D eigenvalue weighted by molar-refractivity contribution is 0.240. The second-order valence-electron chi connectivity index (χ2n) is 3.83. The first-order valence-corrected chi connectivity index (χ1v) is 5.07. The minimum Gasteiger partial charge on any atom is -0.507 e. The number of rotatable bonds is 4. The summed E-state index contributed by atoms with van der Waals surface area (Å²) in [4.78, 5) is 4.24. The molecule has 0 heterocycles. The summed E-state index contributed by atoms with van der Waals surface area (Å²) in [5.41, 5.74) is 0.677. The quantitative estimate of drug-likeness (QED) is 0.740. The van der Waals surface area contributed by atoms with Crippen molar-refractivity contribution in [1.82, 2.24) is 0 Å². The molecule has 0 saturated heterocycles. The summed E-state index contributed by atoms with van der Waals surface area (Å²) in [6, 6.07) is 6.89. The van der Waals surface area contributed by atoms with Gasteiger partial charge in [-0.3, -0.25) is 4.99 Å². The van der Waals surface area contributed by atoms with Crippen molar-refractivity contribution in [3.8, 4) is 5.75 Å². The highest BCUT2D eigenvalue weighted by Crippen LogP contribution is 2.14. The predicted molar refractivity (Wildman–Crippen MR) is 61.4 cm³/mol. The Hall–Kier alpha value is -1.35. The maximum Gasteiger partial charge on any atom is 0.124 e. The van der Waals surface area contributed by atoms with E-state index in [2.05, 4.69) is 4.99 Å². The largest absolute Gasteiger partial charge is 0.507 e. The van der Waals surface area contributed by atoms with Crippen molar-refractivity contribution in [3.63, 3.8) is 0 Å². The van der Waals surface area contributed by atoms with Crippen LogP contribution in [0.5, 0.6) is 5.75 Å². The fourth-order valence-corrected chi connectivity index (χ4v) is 1.20. The van der Waals surface area contributed by atoms with Gasteiger partial charge in [-0.1, -0.05) is 26.0 Å². The predicted octanol–water partition coefficient (Wildman–Crippen LogP) is 1.83. The molecule has 3 nitrogen and oxygen atoms in total. The topological polar surface area (TPSA) is 52.8 Å². The van der Waals surface area contributed by atoms with Gasteiger partial charge in [-0.15, -0.1) is 0 Å². The van der Waals surface area contributed by atoms with Crippen molar-refractivity contribution < 1.29 is 10.2 Å². The zero-order valence-corrected chi connectivity index (χ0v) is 9.09. The molecule has 0 aliphatic heterocycles. The molecule has 3 heteroatoms. The van der Waals surface area contributed by atoms with Gasteiger partial charge in [0.05, 0.1) is 12.6 Å². The third-order valence-corrected chi connectivity index (χ3v) is 2.30. The minimum absolute atomic E-state index is 0.0295. The molecule has 0 radical (unpaired) electrons. The van der Waals surface area contributed by atoms with Crippen LogP contribution in [0.4, 0.5) is 0 Å². The summed E-state index contributed by atoms with van der Waals surface area (Å²) in [6.07, 6.45) is 1.61. The highest BCUT2D eigenvalue weighted by Gasteiger charge is 2.09. The minimum atomic E-state index is -0.107. The molecular weight excluding hydrogens is 190 g/mol. The van der Waals surface area contributed by atoms with Gasteiger partial charge in [0.25, 0.3) is 0 Å². The van der Waals surface area contributed by atoms with Crippen molar-refractivity contribution in [3.05, 3.63) is 29.8 Å². The van der Waals surface area contributed by atoms with Crippen LogP contribution in [0.3, 0.4) is 0 Å². The maximum atomic E-state index is 9.48. The second kappa shape index (κ2) is 5.51. The molecule has 0 spiro atoms. The van der Waals surface area contributed by atoms with E-state index in [0.717, 1.165) is 0 Å². The Morgan fingerprint density at radius 2 is 2.00 bits per heavy atom. The van der Waals surface area contributed by atoms with Gasteiger partial charge < -0.3 is 10.2 Å². The number of phenols is 1. The summed E-state index contributed by atoms with van der Waals surface area (Å²) < 4.78 is 0. The Morgan fingerprint density at radius 1 is 1.33 bits per heavy atom. The number of phenolic OH excluding ortho intramolecular Hbond substituents is 1. The Balaban J connectivity index is 2.76. The van der Waals surface area contributed by atoms with E-state index in [0.29, 0.717) is 5.56 Å². The average molecular weight is 207 g/mol. The van der Waals surface area contributed by atoms with E-state index in [1.54, 1.807) is 24.4 Å². The molecule has 1 aromatic rings. The molecule has 0 amide bonds. The molecule has 1 aromatic carbocycles. The standard InChI is InChI=1S/C12H17NO2/c1-9(2)11(8-14)13-7-10-5-3-4-6-12(10)15/h3-7,9,11,14-15H,8H2,1-2H3/t11-/m1/s1. The Labute approximate surface area is 90.1 Å². The highest BCUT2D eigenvalue weighted by molar-refractivity contribution is 5.83. The van der Waals surface area contributed by atoms with Crippen LogP contribution in [0.2, 0.25) is 0 Å². The van der Waals surface area contributed by atoms with E-state index in [9.17, 15) is 5.11 Å². The van der Waals surface area contributed by atoms with E-state index in [-0.39, 0.29) is 24.3 Å². The average Bonchev–Trinajstić information content (AvgIpc) is 2.21. The van der Waals surface area contributed by atoms with Crippen molar-refractivity contribution in [2.24, 2.45) is 10.9 Å². The molecule has 0 saturated carbocycles. The normalized spacial score (nSPS) is 13.6. The second-order valence-corrected chi connectivity index (χ2v) is 3.83. The maximum absolute atomic E-state index is 9.48. The van der Waals surface area contributed by atoms with Gasteiger partial charge >= 0.3 is 0 Å². The number of nitrogens with zero attached hydrogens (tertiary/aromatic N) is 1. The smallest absolute Gasteiger partial charge is 0.124 e. The van der Waals surface area contributed by atoms with E-state index < -0.39 is 0 Å². The molecule has 1 rings (SSSR count). The highest BCUT2D eigenvalue weighted by atomic mass is 16.3. The lowest BCUT2D eigenvalue weighted by Crippen LogP contribution is -2.17. The van der Waals surface area contributed by atoms with Gasteiger partial charge in [-0.25, -0.2) is 0 Å². The van der Waals surface area contributed by atoms with Gasteiger partial charge in [-0.2, -0.15) is 0 Å². The van der Waals surface area contributed by atoms with Gasteiger partial charge in [0, 0.05) is 11.8 Å². The van der Waals surface area contributed by atoms with Gasteiger partial charge in [0.1, 0.15) is 5.75 Å². The summed E-state index contributed by atoms with van der Waals surface area (Å²) in [5, 5.41) is 18.5. The molecule has 0 bridgehead atoms. The molecule has 82 valence electrons. The zero-order chi connectivity index (χ0) is 11.3. The monoisotopic (exact) mass is 207 g/mol. The Bertz CT molecular complexity index is 334.